The Morgan fingerprint density at radius 2 is 1.71 bits per heavy atom. The van der Waals surface area contributed by atoms with Gasteiger partial charge < -0.3 is 14.5 Å². The van der Waals surface area contributed by atoms with Crippen molar-refractivity contribution in [1.29, 1.82) is 0 Å². The highest BCUT2D eigenvalue weighted by atomic mass is 32.2. The SMILES string of the molecule is C[C@H](Oc1ccc(S(C)(=O)=O)cc1C(=O)N1CCN(c2nnc(C(F)(F)F)s2)CC1)C(F)(F)F. The Labute approximate surface area is 194 Å². The van der Waals surface area contributed by atoms with Crippen molar-refractivity contribution in [3.05, 3.63) is 28.8 Å². The number of piperazine rings is 1. The van der Waals surface area contributed by atoms with Crippen molar-refractivity contribution < 1.29 is 44.3 Å². The van der Waals surface area contributed by atoms with Gasteiger partial charge in [-0.2, -0.15) is 26.3 Å². The highest BCUT2D eigenvalue weighted by molar-refractivity contribution is 7.90. The summed E-state index contributed by atoms with van der Waals surface area (Å²) in [5, 5.41) is 5.54. The van der Waals surface area contributed by atoms with Crippen molar-refractivity contribution in [3.63, 3.8) is 0 Å². The Morgan fingerprint density at radius 3 is 2.21 bits per heavy atom. The van der Waals surface area contributed by atoms with E-state index in [1.165, 1.54) is 9.80 Å². The molecule has 16 heteroatoms. The first-order valence-electron chi connectivity index (χ1n) is 9.60. The van der Waals surface area contributed by atoms with Crippen LogP contribution >= 0.6 is 11.3 Å². The maximum atomic E-state index is 13.1. The molecule has 0 N–H and O–H groups in total. The number of carbonyl (C=O) groups is 1. The summed E-state index contributed by atoms with van der Waals surface area (Å²) in [5.41, 5.74) is -0.372. The predicted octanol–water partition coefficient (Wildman–Crippen LogP) is 3.25. The third-order valence-corrected chi connectivity index (χ3v) is 7.01. The van der Waals surface area contributed by atoms with Crippen molar-refractivity contribution in [2.75, 3.05) is 37.3 Å². The van der Waals surface area contributed by atoms with Crippen molar-refractivity contribution in [2.45, 2.75) is 30.3 Å². The Kier molecular flexibility index (Phi) is 7.04. The number of ether oxygens (including phenoxy) is 1. The van der Waals surface area contributed by atoms with E-state index in [-0.39, 0.29) is 41.8 Å². The largest absolute Gasteiger partial charge is 0.480 e. The van der Waals surface area contributed by atoms with Crippen LogP contribution in [0.2, 0.25) is 0 Å². The van der Waals surface area contributed by atoms with Gasteiger partial charge in [0.05, 0.1) is 10.5 Å². The lowest BCUT2D eigenvalue weighted by atomic mass is 10.1. The number of amides is 1. The van der Waals surface area contributed by atoms with Crippen molar-refractivity contribution in [2.24, 2.45) is 0 Å². The zero-order valence-corrected chi connectivity index (χ0v) is 19.3. The minimum absolute atomic E-state index is 0.00285. The number of alkyl halides is 6. The van der Waals surface area contributed by atoms with Crippen LogP contribution in [0.25, 0.3) is 0 Å². The first-order chi connectivity index (χ1) is 15.6. The normalized spacial score (nSPS) is 16.5. The molecule has 2 heterocycles. The van der Waals surface area contributed by atoms with Gasteiger partial charge in [0.15, 0.2) is 15.9 Å². The molecule has 34 heavy (non-hydrogen) atoms. The summed E-state index contributed by atoms with van der Waals surface area (Å²) in [7, 11) is -3.78. The third-order valence-electron chi connectivity index (χ3n) is 4.87. The minimum atomic E-state index is -4.72. The molecule has 0 saturated carbocycles. The molecule has 3 rings (SSSR count). The molecule has 1 saturated heterocycles. The smallest absolute Gasteiger partial charge is 0.445 e. The zero-order chi connectivity index (χ0) is 25.5. The lowest BCUT2D eigenvalue weighted by Gasteiger charge is -2.34. The molecule has 0 bridgehead atoms. The molecule has 2 aromatic rings. The number of nitrogens with zero attached hydrogens (tertiary/aromatic N) is 4. The number of rotatable bonds is 5. The number of hydrogen-bond donors (Lipinski definition) is 0. The summed E-state index contributed by atoms with van der Waals surface area (Å²) in [5.74, 6) is -1.22. The second-order valence-electron chi connectivity index (χ2n) is 7.40. The molecule has 8 nitrogen and oxygen atoms in total. The van der Waals surface area contributed by atoms with Gasteiger partial charge in [0.1, 0.15) is 5.75 Å². The number of aromatic nitrogens is 2. The summed E-state index contributed by atoms with van der Waals surface area (Å²) in [6, 6.07) is 2.97. The average Bonchev–Trinajstić information content (AvgIpc) is 3.23. The van der Waals surface area contributed by atoms with Gasteiger partial charge in [-0.15, -0.1) is 10.2 Å². The van der Waals surface area contributed by atoms with Gasteiger partial charge in [-0.1, -0.05) is 11.3 Å². The first-order valence-corrected chi connectivity index (χ1v) is 12.3. The molecule has 0 spiro atoms. The van der Waals surface area contributed by atoms with Gasteiger partial charge in [0, 0.05) is 32.4 Å². The minimum Gasteiger partial charge on any atom is -0.480 e. The van der Waals surface area contributed by atoms with Crippen molar-refractivity contribution >= 4 is 32.2 Å². The van der Waals surface area contributed by atoms with Gasteiger partial charge in [-0.3, -0.25) is 4.79 Å². The first kappa shape index (κ1) is 26.0. The lowest BCUT2D eigenvalue weighted by Crippen LogP contribution is -2.49. The summed E-state index contributed by atoms with van der Waals surface area (Å²) in [6.45, 7) is 0.904. The Balaban J connectivity index is 1.81. The number of halogens is 6. The van der Waals surface area contributed by atoms with E-state index in [0.717, 1.165) is 31.4 Å². The highest BCUT2D eigenvalue weighted by Gasteiger charge is 2.39. The standard InChI is InChI=1S/C18H18F6N4O4S2/c1-10(17(19,20)21)32-13-4-3-11(34(2,30)31)9-12(13)14(29)27-5-7-28(8-6-27)16-26-25-15(33-16)18(22,23)24/h3-4,9-10H,5-8H2,1-2H3/t10-/m0/s1. The maximum absolute atomic E-state index is 13.1. The Hall–Kier alpha value is -2.62. The van der Waals surface area contributed by atoms with Gasteiger partial charge in [-0.05, 0) is 25.1 Å². The molecule has 0 aliphatic carbocycles. The van der Waals surface area contributed by atoms with Crippen LogP contribution in [0.3, 0.4) is 0 Å². The zero-order valence-electron chi connectivity index (χ0n) is 17.6. The van der Waals surface area contributed by atoms with E-state index >= 15 is 0 Å². The topological polar surface area (TPSA) is 92.7 Å². The number of hydrogen-bond acceptors (Lipinski definition) is 8. The van der Waals surface area contributed by atoms with Crippen LogP contribution in [0, 0.1) is 0 Å². The van der Waals surface area contributed by atoms with Crippen molar-refractivity contribution in [3.8, 4) is 5.75 Å². The van der Waals surface area contributed by atoms with Gasteiger partial charge >= 0.3 is 12.4 Å². The van der Waals surface area contributed by atoms with Crippen LogP contribution in [0.1, 0.15) is 22.3 Å². The van der Waals surface area contributed by atoms with Crippen LogP contribution in [-0.2, 0) is 16.0 Å². The Morgan fingerprint density at radius 1 is 1.09 bits per heavy atom. The number of anilines is 1. The molecule has 1 aliphatic heterocycles. The molecule has 0 unspecified atom stereocenters. The highest BCUT2D eigenvalue weighted by Crippen LogP contribution is 2.35. The maximum Gasteiger partial charge on any atom is 0.445 e. The van der Waals surface area contributed by atoms with Crippen molar-refractivity contribution in [1.82, 2.24) is 15.1 Å². The van der Waals surface area contributed by atoms with Crippen LogP contribution in [-0.4, -0.2) is 74.1 Å². The quantitative estimate of drug-likeness (QED) is 0.546. The van der Waals surface area contributed by atoms with E-state index < -0.39 is 45.0 Å². The summed E-state index contributed by atoms with van der Waals surface area (Å²) in [6.07, 6.45) is -10.7. The van der Waals surface area contributed by atoms with Crippen LogP contribution in [0.5, 0.6) is 5.75 Å². The monoisotopic (exact) mass is 532 g/mol. The Bertz CT molecular complexity index is 1160. The number of carbonyl (C=O) groups excluding carboxylic acids is 1. The molecule has 0 radical (unpaired) electrons. The van der Waals surface area contributed by atoms with E-state index in [1.807, 2.05) is 0 Å². The van der Waals surface area contributed by atoms with Crippen LogP contribution in [0.4, 0.5) is 31.5 Å². The predicted molar refractivity (Wildman–Crippen MR) is 109 cm³/mol. The molecular formula is C18H18F6N4O4S2. The molecule has 1 aliphatic rings. The molecule has 1 aromatic carbocycles. The number of sulfone groups is 1. The average molecular weight is 532 g/mol. The van der Waals surface area contributed by atoms with E-state index in [4.69, 9.17) is 4.74 Å². The summed E-state index contributed by atoms with van der Waals surface area (Å²) in [4.78, 5) is 15.5. The number of benzene rings is 1. The fraction of sp³-hybridized carbons (Fsp3) is 0.500. The van der Waals surface area contributed by atoms with Crippen LogP contribution < -0.4 is 9.64 Å². The second-order valence-corrected chi connectivity index (χ2v) is 10.4. The fourth-order valence-electron chi connectivity index (χ4n) is 3.00. The van der Waals surface area contributed by atoms with Gasteiger partial charge in [0.25, 0.3) is 5.91 Å². The summed E-state index contributed by atoms with van der Waals surface area (Å²) >= 11 is 0.351. The molecule has 1 aromatic heterocycles. The van der Waals surface area contributed by atoms with Gasteiger partial charge in [0.2, 0.25) is 10.1 Å². The van der Waals surface area contributed by atoms with E-state index in [1.54, 1.807) is 0 Å². The van der Waals surface area contributed by atoms with E-state index in [9.17, 15) is 39.6 Å². The molecule has 1 atom stereocenters. The molecular weight excluding hydrogens is 514 g/mol. The van der Waals surface area contributed by atoms with E-state index in [2.05, 4.69) is 10.2 Å². The summed E-state index contributed by atoms with van der Waals surface area (Å²) < 4.78 is 106. The lowest BCUT2D eigenvalue weighted by molar-refractivity contribution is -0.189. The molecule has 1 fully saturated rings. The fourth-order valence-corrected chi connectivity index (χ4v) is 4.41. The van der Waals surface area contributed by atoms with E-state index in [0.29, 0.717) is 11.3 Å². The molecule has 1 amide bonds. The second kappa shape index (κ2) is 9.20. The molecule has 188 valence electrons. The third kappa shape index (κ3) is 5.89. The van der Waals surface area contributed by atoms with Gasteiger partial charge in [-0.25, -0.2) is 8.42 Å². The van der Waals surface area contributed by atoms with Crippen LogP contribution in [0.15, 0.2) is 23.1 Å².